The van der Waals surface area contributed by atoms with Crippen LogP contribution in [0.15, 0.2) is 97.2 Å². The standard InChI is InChI=1S/C60H103NO5/c1-4-7-10-13-16-19-22-25-27-29-31-34-36-39-42-45-48-51-56(66-60(65)53-50-47-44-41-38-33-24-21-18-15-12-9-6-3)54-59(64)61-57(55-62)58(63)52-49-46-43-40-37-35-32-30-28-26-23-20-17-14-11-8-5-2/h9,12,15-16,18-19,21,24-25,27,31,33-34,38,41,44,56-58,62-63H,4-8,10-11,13-14,17,20,22-23,26,28-30,32,35-37,39-40,42-43,45-55H2,1-3H3,(H,61,64)/b12-9+,18-15+,19-16-,24-21-,27-25-,34-31-,38-33-,44-41+. The zero-order chi connectivity index (χ0) is 48.1. The number of ether oxygens (including phenoxy) is 1. The van der Waals surface area contributed by atoms with Crippen molar-refractivity contribution < 1.29 is 24.5 Å². The SMILES string of the molecule is CC/C=C/C=C/C=C\C=C/C=C/CCCC(=O)OC(CCCCCC/C=C\C/C=C\C/C=C\CCCCC)CC(=O)NC(CO)C(O)CCCCCCCCCCCCCCCCCCC. The molecule has 6 nitrogen and oxygen atoms in total. The summed E-state index contributed by atoms with van der Waals surface area (Å²) in [5.41, 5.74) is 0. The van der Waals surface area contributed by atoms with Gasteiger partial charge in [0.25, 0.3) is 0 Å². The maximum Gasteiger partial charge on any atom is 0.306 e. The van der Waals surface area contributed by atoms with E-state index in [-0.39, 0.29) is 31.3 Å². The number of rotatable bonds is 48. The molecule has 0 aliphatic carbocycles. The maximum atomic E-state index is 13.2. The molecule has 66 heavy (non-hydrogen) atoms. The minimum atomic E-state index is -0.813. The second-order valence-corrected chi connectivity index (χ2v) is 18.4. The average molecular weight is 918 g/mol. The van der Waals surface area contributed by atoms with Gasteiger partial charge >= 0.3 is 5.97 Å². The van der Waals surface area contributed by atoms with Crippen LogP contribution in [0.5, 0.6) is 0 Å². The van der Waals surface area contributed by atoms with Crippen molar-refractivity contribution in [1.29, 1.82) is 0 Å². The topological polar surface area (TPSA) is 95.9 Å². The highest BCUT2D eigenvalue weighted by atomic mass is 16.5. The summed E-state index contributed by atoms with van der Waals surface area (Å²) >= 11 is 0. The van der Waals surface area contributed by atoms with E-state index in [1.807, 2.05) is 54.7 Å². The van der Waals surface area contributed by atoms with Gasteiger partial charge in [0.15, 0.2) is 0 Å². The molecule has 378 valence electrons. The summed E-state index contributed by atoms with van der Waals surface area (Å²) in [6, 6.07) is -0.730. The molecule has 0 fully saturated rings. The first-order valence-corrected chi connectivity index (χ1v) is 27.5. The van der Waals surface area contributed by atoms with Crippen molar-refractivity contribution in [3.8, 4) is 0 Å². The Kier molecular flexibility index (Phi) is 50.2. The van der Waals surface area contributed by atoms with Gasteiger partial charge < -0.3 is 20.3 Å². The molecule has 0 bridgehead atoms. The second kappa shape index (κ2) is 52.7. The van der Waals surface area contributed by atoms with Gasteiger partial charge in [0.2, 0.25) is 5.91 Å². The van der Waals surface area contributed by atoms with E-state index in [0.717, 1.165) is 77.0 Å². The summed E-state index contributed by atoms with van der Waals surface area (Å²) in [6.07, 6.45) is 70.4. The fourth-order valence-electron chi connectivity index (χ4n) is 7.88. The summed E-state index contributed by atoms with van der Waals surface area (Å²) < 4.78 is 5.89. The summed E-state index contributed by atoms with van der Waals surface area (Å²) in [6.45, 7) is 6.30. The third-order valence-corrected chi connectivity index (χ3v) is 12.0. The van der Waals surface area contributed by atoms with Gasteiger partial charge in [-0.05, 0) is 77.0 Å². The molecule has 0 spiro atoms. The van der Waals surface area contributed by atoms with Crippen molar-refractivity contribution in [2.24, 2.45) is 0 Å². The van der Waals surface area contributed by atoms with Gasteiger partial charge in [0.05, 0.1) is 25.2 Å². The Morgan fingerprint density at radius 2 is 0.879 bits per heavy atom. The third kappa shape index (κ3) is 47.3. The van der Waals surface area contributed by atoms with Crippen LogP contribution in [0.1, 0.15) is 245 Å². The number of hydrogen-bond acceptors (Lipinski definition) is 5. The van der Waals surface area contributed by atoms with E-state index < -0.39 is 18.2 Å². The fraction of sp³-hybridized carbons (Fsp3) is 0.700. The molecule has 0 radical (unpaired) electrons. The van der Waals surface area contributed by atoms with E-state index in [9.17, 15) is 19.8 Å². The van der Waals surface area contributed by atoms with Crippen molar-refractivity contribution in [2.75, 3.05) is 6.61 Å². The molecule has 0 aromatic carbocycles. The van der Waals surface area contributed by atoms with Gasteiger partial charge in [-0.3, -0.25) is 9.59 Å². The Labute approximate surface area is 407 Å². The molecule has 3 unspecified atom stereocenters. The third-order valence-electron chi connectivity index (χ3n) is 12.0. The van der Waals surface area contributed by atoms with Crippen LogP contribution in [-0.2, 0) is 14.3 Å². The summed E-state index contributed by atoms with van der Waals surface area (Å²) in [5.74, 6) is -0.588. The molecule has 0 heterocycles. The largest absolute Gasteiger partial charge is 0.462 e. The number of nitrogens with one attached hydrogen (secondary N) is 1. The number of amides is 1. The monoisotopic (exact) mass is 918 g/mol. The van der Waals surface area contributed by atoms with Crippen molar-refractivity contribution in [2.45, 2.75) is 264 Å². The van der Waals surface area contributed by atoms with Crippen LogP contribution < -0.4 is 5.32 Å². The lowest BCUT2D eigenvalue weighted by atomic mass is 10.0. The van der Waals surface area contributed by atoms with E-state index in [2.05, 4.69) is 68.6 Å². The van der Waals surface area contributed by atoms with E-state index in [4.69, 9.17) is 4.74 Å². The molecular formula is C60H103NO5. The predicted molar refractivity (Wildman–Crippen MR) is 287 cm³/mol. The molecule has 0 saturated carbocycles. The first-order chi connectivity index (χ1) is 32.5. The molecular weight excluding hydrogens is 815 g/mol. The number of esters is 1. The normalized spacial score (nSPS) is 14.0. The molecule has 3 atom stereocenters. The molecule has 0 aromatic heterocycles. The summed E-state index contributed by atoms with van der Waals surface area (Å²) in [7, 11) is 0. The first kappa shape index (κ1) is 62.8. The van der Waals surface area contributed by atoms with Gasteiger partial charge in [-0.2, -0.15) is 0 Å². The van der Waals surface area contributed by atoms with Crippen molar-refractivity contribution in [3.63, 3.8) is 0 Å². The Bertz CT molecular complexity index is 1310. The minimum Gasteiger partial charge on any atom is -0.462 e. The predicted octanol–water partition coefficient (Wildman–Crippen LogP) is 16.9. The number of carbonyl (C=O) groups is 2. The van der Waals surface area contributed by atoms with E-state index >= 15 is 0 Å². The van der Waals surface area contributed by atoms with Crippen LogP contribution in [0.2, 0.25) is 0 Å². The fourth-order valence-corrected chi connectivity index (χ4v) is 7.88. The van der Waals surface area contributed by atoms with Gasteiger partial charge in [-0.25, -0.2) is 0 Å². The molecule has 0 aromatic rings. The number of hydrogen-bond donors (Lipinski definition) is 3. The van der Waals surface area contributed by atoms with Gasteiger partial charge in [-0.1, -0.05) is 253 Å². The summed E-state index contributed by atoms with van der Waals surface area (Å²) in [5, 5.41) is 23.8. The highest BCUT2D eigenvalue weighted by Gasteiger charge is 2.24. The highest BCUT2D eigenvalue weighted by Crippen LogP contribution is 2.17. The van der Waals surface area contributed by atoms with Crippen LogP contribution in [0.3, 0.4) is 0 Å². The maximum absolute atomic E-state index is 13.2. The first-order valence-electron chi connectivity index (χ1n) is 27.5. The molecule has 0 rings (SSSR count). The van der Waals surface area contributed by atoms with Gasteiger partial charge in [-0.15, -0.1) is 0 Å². The van der Waals surface area contributed by atoms with E-state index in [0.29, 0.717) is 19.3 Å². The Morgan fingerprint density at radius 3 is 1.39 bits per heavy atom. The number of unbranched alkanes of at least 4 members (excludes halogenated alkanes) is 24. The second-order valence-electron chi connectivity index (χ2n) is 18.4. The zero-order valence-electron chi connectivity index (χ0n) is 43.0. The van der Waals surface area contributed by atoms with Crippen LogP contribution in [0.4, 0.5) is 0 Å². The van der Waals surface area contributed by atoms with Gasteiger partial charge in [0, 0.05) is 6.42 Å². The van der Waals surface area contributed by atoms with Crippen molar-refractivity contribution >= 4 is 11.9 Å². The lowest BCUT2D eigenvalue weighted by molar-refractivity contribution is -0.151. The smallest absolute Gasteiger partial charge is 0.306 e. The number of allylic oxidation sites excluding steroid dienone is 16. The molecule has 0 aliphatic heterocycles. The van der Waals surface area contributed by atoms with E-state index in [1.54, 1.807) is 0 Å². The Hall–Kier alpha value is -3.22. The number of aliphatic hydroxyl groups excluding tert-OH is 2. The lowest BCUT2D eigenvalue weighted by Crippen LogP contribution is -2.46. The van der Waals surface area contributed by atoms with Crippen molar-refractivity contribution in [1.82, 2.24) is 5.32 Å². The zero-order valence-corrected chi connectivity index (χ0v) is 43.0. The molecule has 1 amide bonds. The van der Waals surface area contributed by atoms with Crippen LogP contribution >= 0.6 is 0 Å². The summed E-state index contributed by atoms with van der Waals surface area (Å²) in [4.78, 5) is 26.2. The number of carbonyl (C=O) groups excluding carboxylic acids is 2. The minimum absolute atomic E-state index is 0.0291. The number of aliphatic hydroxyl groups is 2. The Morgan fingerprint density at radius 1 is 0.470 bits per heavy atom. The quantitative estimate of drug-likeness (QED) is 0.0245. The molecule has 0 aliphatic rings. The lowest BCUT2D eigenvalue weighted by Gasteiger charge is -2.24. The van der Waals surface area contributed by atoms with Crippen molar-refractivity contribution in [3.05, 3.63) is 97.2 Å². The highest BCUT2D eigenvalue weighted by molar-refractivity contribution is 5.77. The molecule has 3 N–H and O–H groups in total. The van der Waals surface area contributed by atoms with Gasteiger partial charge in [0.1, 0.15) is 6.10 Å². The van der Waals surface area contributed by atoms with Crippen LogP contribution in [-0.4, -0.2) is 46.9 Å². The Balaban J connectivity index is 4.68. The van der Waals surface area contributed by atoms with E-state index in [1.165, 1.54) is 116 Å². The van der Waals surface area contributed by atoms with Crippen LogP contribution in [0, 0.1) is 0 Å². The van der Waals surface area contributed by atoms with Crippen LogP contribution in [0.25, 0.3) is 0 Å². The average Bonchev–Trinajstić information content (AvgIpc) is 3.31. The molecule has 0 saturated heterocycles. The molecule has 6 heteroatoms.